The average molecular weight is 333 g/mol. The predicted molar refractivity (Wildman–Crippen MR) is 74.2 cm³/mol. The molecule has 4 nitrogen and oxygen atoms in total. The Bertz CT molecular complexity index is 624. The van der Waals surface area contributed by atoms with Gasteiger partial charge in [0.1, 0.15) is 5.60 Å². The third-order valence-electron chi connectivity index (χ3n) is 2.11. The summed E-state index contributed by atoms with van der Waals surface area (Å²) in [4.78, 5) is 11.3. The minimum atomic E-state index is -4.97. The summed E-state index contributed by atoms with van der Waals surface area (Å²) in [5.41, 5.74) is -0.502. The van der Waals surface area contributed by atoms with Crippen molar-refractivity contribution in [3.63, 3.8) is 0 Å². The molecule has 126 valence electrons. The third kappa shape index (κ3) is 7.95. The Morgan fingerprint density at radius 3 is 2.43 bits per heavy atom. The van der Waals surface area contributed by atoms with Gasteiger partial charge in [-0.3, -0.25) is 0 Å². The zero-order valence-electron chi connectivity index (χ0n) is 12.7. The summed E-state index contributed by atoms with van der Waals surface area (Å²) in [6.07, 6.45) is -5.63. The van der Waals surface area contributed by atoms with Crippen LogP contribution in [-0.4, -0.2) is 24.6 Å². The van der Waals surface area contributed by atoms with Gasteiger partial charge >= 0.3 is 12.5 Å². The number of amides is 1. The third-order valence-corrected chi connectivity index (χ3v) is 2.11. The molecule has 0 heterocycles. The van der Waals surface area contributed by atoms with Crippen molar-refractivity contribution in [1.29, 1.82) is 0 Å². The van der Waals surface area contributed by atoms with E-state index in [1.807, 2.05) is 0 Å². The van der Waals surface area contributed by atoms with E-state index in [0.717, 1.165) is 12.1 Å². The Kier molecular flexibility index (Phi) is 5.85. The van der Waals surface area contributed by atoms with E-state index in [0.29, 0.717) is 0 Å². The maximum Gasteiger partial charge on any atom is 0.573 e. The predicted octanol–water partition coefficient (Wildman–Crippen LogP) is 3.60. The van der Waals surface area contributed by atoms with Gasteiger partial charge < -0.3 is 14.8 Å². The quantitative estimate of drug-likeness (QED) is 0.664. The molecule has 23 heavy (non-hydrogen) atoms. The number of rotatable bonds is 2. The van der Waals surface area contributed by atoms with Crippen molar-refractivity contribution in [2.24, 2.45) is 0 Å². The lowest BCUT2D eigenvalue weighted by Crippen LogP contribution is -2.32. The van der Waals surface area contributed by atoms with Gasteiger partial charge in [-0.1, -0.05) is 11.8 Å². The summed E-state index contributed by atoms with van der Waals surface area (Å²) in [6, 6.07) is 2.81. The molecule has 1 N–H and O–H groups in total. The fraction of sp³-hybridized carbons (Fsp3) is 0.400. The van der Waals surface area contributed by atoms with E-state index in [4.69, 9.17) is 4.74 Å². The second-order valence-corrected chi connectivity index (χ2v) is 5.35. The molecule has 8 heteroatoms. The fourth-order valence-corrected chi connectivity index (χ4v) is 1.36. The molecular formula is C15H15F4NO3. The van der Waals surface area contributed by atoms with E-state index in [1.165, 1.54) is 6.07 Å². The monoisotopic (exact) mass is 333 g/mol. The van der Waals surface area contributed by atoms with Gasteiger partial charge in [0, 0.05) is 5.56 Å². The van der Waals surface area contributed by atoms with Crippen LogP contribution in [0.3, 0.4) is 0 Å². The molecule has 0 atom stereocenters. The summed E-state index contributed by atoms with van der Waals surface area (Å²) in [5.74, 6) is 2.90. The molecule has 0 saturated heterocycles. The van der Waals surface area contributed by atoms with Gasteiger partial charge in [0.05, 0.1) is 6.54 Å². The van der Waals surface area contributed by atoms with Gasteiger partial charge in [-0.2, -0.15) is 0 Å². The second kappa shape index (κ2) is 7.22. The number of benzene rings is 1. The van der Waals surface area contributed by atoms with E-state index in [2.05, 4.69) is 21.9 Å². The Morgan fingerprint density at radius 2 is 1.91 bits per heavy atom. The van der Waals surface area contributed by atoms with E-state index in [9.17, 15) is 22.4 Å². The lowest BCUT2D eigenvalue weighted by atomic mass is 10.2. The van der Waals surface area contributed by atoms with Crippen molar-refractivity contribution in [3.8, 4) is 17.6 Å². The normalized spacial score (nSPS) is 11.3. The molecule has 0 aliphatic rings. The van der Waals surface area contributed by atoms with Gasteiger partial charge in [0.2, 0.25) is 0 Å². The van der Waals surface area contributed by atoms with Gasteiger partial charge in [0.15, 0.2) is 11.6 Å². The number of carbonyl (C=O) groups is 1. The van der Waals surface area contributed by atoms with Crippen LogP contribution in [0.5, 0.6) is 5.75 Å². The van der Waals surface area contributed by atoms with Crippen molar-refractivity contribution >= 4 is 6.09 Å². The van der Waals surface area contributed by atoms with E-state index in [1.54, 1.807) is 20.8 Å². The minimum Gasteiger partial charge on any atom is -0.444 e. The molecule has 0 aromatic heterocycles. The molecule has 1 rings (SSSR count). The molecule has 1 aromatic rings. The molecule has 0 aliphatic heterocycles. The van der Waals surface area contributed by atoms with Crippen molar-refractivity contribution in [2.75, 3.05) is 6.54 Å². The van der Waals surface area contributed by atoms with Crippen LogP contribution in [-0.2, 0) is 4.74 Å². The van der Waals surface area contributed by atoms with Crippen LogP contribution in [0.4, 0.5) is 22.4 Å². The van der Waals surface area contributed by atoms with Crippen LogP contribution >= 0.6 is 0 Å². The first-order valence-corrected chi connectivity index (χ1v) is 6.47. The molecule has 1 aromatic carbocycles. The summed E-state index contributed by atoms with van der Waals surface area (Å²) >= 11 is 0. The molecule has 0 fully saturated rings. The number of hydrogen-bond acceptors (Lipinski definition) is 3. The minimum absolute atomic E-state index is 0.0582. The zero-order chi connectivity index (χ0) is 17.7. The average Bonchev–Trinajstić information content (AvgIpc) is 2.34. The highest BCUT2D eigenvalue weighted by Gasteiger charge is 2.32. The Morgan fingerprint density at radius 1 is 1.26 bits per heavy atom. The van der Waals surface area contributed by atoms with Crippen LogP contribution in [0.25, 0.3) is 0 Å². The molecule has 0 aliphatic carbocycles. The highest BCUT2D eigenvalue weighted by atomic mass is 19.4. The number of alkyl halides is 3. The van der Waals surface area contributed by atoms with E-state index < -0.39 is 29.6 Å². The molecule has 0 bridgehead atoms. The van der Waals surface area contributed by atoms with Crippen molar-refractivity contribution in [2.45, 2.75) is 32.7 Å². The molecular weight excluding hydrogens is 318 g/mol. The van der Waals surface area contributed by atoms with Crippen LogP contribution in [0, 0.1) is 17.7 Å². The number of halogens is 4. The molecule has 0 unspecified atom stereocenters. The molecule has 0 saturated carbocycles. The SMILES string of the molecule is CC(C)(C)OC(=O)NCC#Cc1ccc(OC(F)(F)F)c(F)c1. The smallest absolute Gasteiger partial charge is 0.444 e. The van der Waals surface area contributed by atoms with E-state index >= 15 is 0 Å². The van der Waals surface area contributed by atoms with Crippen LogP contribution in [0.1, 0.15) is 26.3 Å². The van der Waals surface area contributed by atoms with E-state index in [-0.39, 0.29) is 12.1 Å². The fourth-order valence-electron chi connectivity index (χ4n) is 1.36. The maximum atomic E-state index is 13.4. The summed E-state index contributed by atoms with van der Waals surface area (Å²) in [5, 5.41) is 2.36. The lowest BCUT2D eigenvalue weighted by molar-refractivity contribution is -0.275. The van der Waals surface area contributed by atoms with Crippen LogP contribution in [0.15, 0.2) is 18.2 Å². The summed E-state index contributed by atoms with van der Waals surface area (Å²) in [6.45, 7) is 5.04. The number of carbonyl (C=O) groups excluding carboxylic acids is 1. The molecule has 1 amide bonds. The summed E-state index contributed by atoms with van der Waals surface area (Å²) in [7, 11) is 0. The van der Waals surface area contributed by atoms with Gasteiger partial charge in [0.25, 0.3) is 0 Å². The highest BCUT2D eigenvalue weighted by molar-refractivity contribution is 5.68. The van der Waals surface area contributed by atoms with Crippen LogP contribution < -0.4 is 10.1 Å². The Balaban J connectivity index is 2.60. The zero-order valence-corrected chi connectivity index (χ0v) is 12.7. The first-order valence-electron chi connectivity index (χ1n) is 6.47. The first kappa shape index (κ1) is 18.6. The van der Waals surface area contributed by atoms with Gasteiger partial charge in [-0.25, -0.2) is 9.18 Å². The van der Waals surface area contributed by atoms with Crippen molar-refractivity contribution in [3.05, 3.63) is 29.6 Å². The Labute approximate surface area is 130 Å². The number of nitrogens with one attached hydrogen (secondary N) is 1. The standard InChI is InChI=1S/C15H15F4NO3/c1-14(2,3)23-13(21)20-8-4-5-10-6-7-12(11(16)9-10)22-15(17,18)19/h6-7,9H,8H2,1-3H3,(H,20,21). The second-order valence-electron chi connectivity index (χ2n) is 5.35. The maximum absolute atomic E-state index is 13.4. The van der Waals surface area contributed by atoms with Crippen LogP contribution in [0.2, 0.25) is 0 Å². The van der Waals surface area contributed by atoms with Gasteiger partial charge in [-0.05, 0) is 39.0 Å². The molecule has 0 radical (unpaired) electrons. The number of alkyl carbamates (subject to hydrolysis) is 1. The molecule has 0 spiro atoms. The van der Waals surface area contributed by atoms with Gasteiger partial charge in [-0.15, -0.1) is 13.2 Å². The highest BCUT2D eigenvalue weighted by Crippen LogP contribution is 2.25. The topological polar surface area (TPSA) is 47.6 Å². The number of hydrogen-bond donors (Lipinski definition) is 1. The largest absolute Gasteiger partial charge is 0.573 e. The Hall–Kier alpha value is -2.43. The van der Waals surface area contributed by atoms with Crippen molar-refractivity contribution < 1.29 is 31.8 Å². The lowest BCUT2D eigenvalue weighted by Gasteiger charge is -2.18. The van der Waals surface area contributed by atoms with Crippen molar-refractivity contribution in [1.82, 2.24) is 5.32 Å². The first-order chi connectivity index (χ1) is 10.5. The number of ether oxygens (including phenoxy) is 2. The summed E-state index contributed by atoms with van der Waals surface area (Å²) < 4.78 is 57.9.